The van der Waals surface area contributed by atoms with E-state index in [0.717, 1.165) is 15.7 Å². The molecule has 0 saturated carbocycles. The van der Waals surface area contributed by atoms with Crippen LogP contribution in [0.2, 0.25) is 10.0 Å². The van der Waals surface area contributed by atoms with Crippen molar-refractivity contribution in [3.63, 3.8) is 0 Å². The minimum atomic E-state index is -0.101. The summed E-state index contributed by atoms with van der Waals surface area (Å²) in [4.78, 5) is 12.0. The molecule has 0 radical (unpaired) electrons. The molecule has 0 spiro atoms. The predicted molar refractivity (Wildman–Crippen MR) is 103 cm³/mol. The molecule has 0 unspecified atom stereocenters. The van der Waals surface area contributed by atoms with Crippen molar-refractivity contribution in [3.8, 4) is 0 Å². The maximum absolute atomic E-state index is 12.0. The number of benzene rings is 2. The largest absolute Gasteiger partial charge is 0.293 e. The summed E-state index contributed by atoms with van der Waals surface area (Å²) < 4.78 is 1.00. The Morgan fingerprint density at radius 1 is 1.17 bits per heavy atom. The molecule has 0 N–H and O–H groups in total. The summed E-state index contributed by atoms with van der Waals surface area (Å²) in [7, 11) is 0. The third-order valence-corrected chi connectivity index (χ3v) is 5.18. The summed E-state index contributed by atoms with van der Waals surface area (Å²) in [6, 6.07) is 13.2. The second-order valence-corrected chi connectivity index (χ2v) is 7.53. The normalized spacial score (nSPS) is 20.2. The van der Waals surface area contributed by atoms with E-state index in [4.69, 9.17) is 23.2 Å². The van der Waals surface area contributed by atoms with Crippen LogP contribution in [0.3, 0.4) is 0 Å². The van der Waals surface area contributed by atoms with Crippen molar-refractivity contribution in [2.45, 2.75) is 19.9 Å². The van der Waals surface area contributed by atoms with Crippen molar-refractivity contribution in [3.05, 3.63) is 62.5 Å². The summed E-state index contributed by atoms with van der Waals surface area (Å²) in [5.41, 5.74) is 2.35. The van der Waals surface area contributed by atoms with Crippen LogP contribution in [0, 0.1) is 5.92 Å². The summed E-state index contributed by atoms with van der Waals surface area (Å²) in [5.74, 6) is -0.0763. The molecule has 3 rings (SSSR count). The van der Waals surface area contributed by atoms with E-state index in [1.165, 1.54) is 0 Å². The quantitative estimate of drug-likeness (QED) is 0.613. The van der Waals surface area contributed by atoms with Gasteiger partial charge in [0.05, 0.1) is 16.8 Å². The van der Waals surface area contributed by atoms with Gasteiger partial charge in [-0.15, -0.1) is 0 Å². The summed E-state index contributed by atoms with van der Waals surface area (Å²) in [6.45, 7) is 3.55. The third kappa shape index (κ3) is 3.23. The van der Waals surface area contributed by atoms with Gasteiger partial charge in [0, 0.05) is 22.3 Å². The summed E-state index contributed by atoms with van der Waals surface area (Å²) in [6.07, 6.45) is 0. The van der Waals surface area contributed by atoms with Crippen LogP contribution in [-0.4, -0.2) is 11.5 Å². The van der Waals surface area contributed by atoms with Gasteiger partial charge in [-0.1, -0.05) is 58.2 Å². The maximum atomic E-state index is 12.0. The van der Waals surface area contributed by atoms with Gasteiger partial charge in [0.2, 0.25) is 0 Å². The van der Waals surface area contributed by atoms with Crippen molar-refractivity contribution < 1.29 is 4.79 Å². The topological polar surface area (TPSA) is 32.7 Å². The molecule has 2 aromatic rings. The Bertz CT molecular complexity index is 820. The highest BCUT2D eigenvalue weighted by molar-refractivity contribution is 9.10. The zero-order valence-corrected chi connectivity index (χ0v) is 16.2. The molecular weight excluding hydrogens is 411 g/mol. The van der Waals surface area contributed by atoms with E-state index < -0.39 is 0 Å². The van der Waals surface area contributed by atoms with Crippen molar-refractivity contribution >= 4 is 56.3 Å². The number of hydrazone groups is 1. The van der Waals surface area contributed by atoms with Crippen LogP contribution < -0.4 is 5.01 Å². The summed E-state index contributed by atoms with van der Waals surface area (Å²) in [5, 5.41) is 7.46. The number of ketones is 1. The molecule has 1 aliphatic rings. The highest BCUT2D eigenvalue weighted by Crippen LogP contribution is 2.42. The van der Waals surface area contributed by atoms with Crippen molar-refractivity contribution in [2.24, 2.45) is 11.0 Å². The van der Waals surface area contributed by atoms with Crippen LogP contribution in [0.5, 0.6) is 0 Å². The van der Waals surface area contributed by atoms with Gasteiger partial charge in [-0.2, -0.15) is 5.10 Å². The van der Waals surface area contributed by atoms with Crippen molar-refractivity contribution in [1.29, 1.82) is 0 Å². The van der Waals surface area contributed by atoms with E-state index in [1.54, 1.807) is 19.1 Å². The maximum Gasteiger partial charge on any atom is 0.176 e. The Hall–Kier alpha value is -1.36. The van der Waals surface area contributed by atoms with E-state index in [1.807, 2.05) is 42.3 Å². The van der Waals surface area contributed by atoms with Crippen molar-refractivity contribution in [1.82, 2.24) is 0 Å². The number of carbonyl (C=O) groups is 1. The second-order valence-electron chi connectivity index (χ2n) is 5.77. The molecule has 0 saturated heterocycles. The van der Waals surface area contributed by atoms with E-state index in [0.29, 0.717) is 15.8 Å². The number of halogens is 3. The molecule has 2 atom stereocenters. The van der Waals surface area contributed by atoms with E-state index >= 15 is 0 Å². The van der Waals surface area contributed by atoms with Crippen LogP contribution >= 0.6 is 39.1 Å². The minimum Gasteiger partial charge on any atom is -0.293 e. The number of nitrogens with zero attached hydrogens (tertiary/aromatic N) is 2. The average molecular weight is 426 g/mol. The lowest BCUT2D eigenvalue weighted by molar-refractivity contribution is -0.111. The zero-order chi connectivity index (χ0) is 17.4. The Kier molecular flexibility index (Phi) is 5.00. The molecule has 1 aliphatic heterocycles. The first-order valence-electron chi connectivity index (χ1n) is 7.47. The van der Waals surface area contributed by atoms with Gasteiger partial charge in [-0.25, -0.2) is 0 Å². The van der Waals surface area contributed by atoms with E-state index in [2.05, 4.69) is 21.0 Å². The Morgan fingerprint density at radius 2 is 1.83 bits per heavy atom. The van der Waals surface area contributed by atoms with Crippen LogP contribution in [-0.2, 0) is 4.79 Å². The number of carbonyl (C=O) groups excluding carboxylic acids is 1. The molecule has 0 aliphatic carbocycles. The SMILES string of the molecule is CC(=O)C1=NN(c2ccc(Cl)cc2Cl)[C@H](c2ccc(Br)cc2)[C@@H]1C. The number of hydrogen-bond acceptors (Lipinski definition) is 3. The standard InChI is InChI=1S/C18H15BrCl2N2O/c1-10-17(11(2)24)22-23(16-8-7-14(20)9-15(16)21)18(10)12-3-5-13(19)6-4-12/h3-10,18H,1-2H3/t10-,18+/m1/s1. The van der Waals surface area contributed by atoms with Crippen LogP contribution in [0.25, 0.3) is 0 Å². The number of hydrogen-bond donors (Lipinski definition) is 0. The molecule has 0 amide bonds. The number of Topliss-reactive ketones (excluding diaryl/α,β-unsaturated/α-hetero) is 1. The molecule has 0 bridgehead atoms. The van der Waals surface area contributed by atoms with Gasteiger partial charge in [-0.05, 0) is 35.9 Å². The zero-order valence-electron chi connectivity index (χ0n) is 13.1. The Balaban J connectivity index is 2.11. The number of rotatable bonds is 3. The van der Waals surface area contributed by atoms with Gasteiger partial charge in [0.15, 0.2) is 5.78 Å². The predicted octanol–water partition coefficient (Wildman–Crippen LogP) is 5.90. The van der Waals surface area contributed by atoms with Crippen LogP contribution in [0.4, 0.5) is 5.69 Å². The molecule has 3 nitrogen and oxygen atoms in total. The lowest BCUT2D eigenvalue weighted by atomic mass is 9.90. The average Bonchev–Trinajstić information content (AvgIpc) is 2.86. The van der Waals surface area contributed by atoms with Gasteiger partial charge < -0.3 is 0 Å². The molecule has 1 heterocycles. The first-order valence-corrected chi connectivity index (χ1v) is 9.02. The molecule has 24 heavy (non-hydrogen) atoms. The highest BCUT2D eigenvalue weighted by atomic mass is 79.9. The molecule has 6 heteroatoms. The second kappa shape index (κ2) is 6.87. The number of anilines is 1. The fourth-order valence-electron chi connectivity index (χ4n) is 2.98. The van der Waals surface area contributed by atoms with Gasteiger partial charge in [0.25, 0.3) is 0 Å². The smallest absolute Gasteiger partial charge is 0.176 e. The Labute approximate surface area is 159 Å². The van der Waals surface area contributed by atoms with E-state index in [-0.39, 0.29) is 17.7 Å². The fourth-order valence-corrected chi connectivity index (χ4v) is 3.74. The lowest BCUT2D eigenvalue weighted by Crippen LogP contribution is -2.25. The first kappa shape index (κ1) is 17.5. The third-order valence-electron chi connectivity index (χ3n) is 4.11. The van der Waals surface area contributed by atoms with Gasteiger partial charge in [-0.3, -0.25) is 9.80 Å². The first-order chi connectivity index (χ1) is 11.4. The minimum absolute atomic E-state index is 0.0304. The van der Waals surface area contributed by atoms with Gasteiger partial charge in [0.1, 0.15) is 5.71 Å². The van der Waals surface area contributed by atoms with Crippen LogP contribution in [0.1, 0.15) is 25.5 Å². The summed E-state index contributed by atoms with van der Waals surface area (Å²) >= 11 is 15.8. The van der Waals surface area contributed by atoms with Gasteiger partial charge >= 0.3 is 0 Å². The Morgan fingerprint density at radius 3 is 2.42 bits per heavy atom. The van der Waals surface area contributed by atoms with E-state index in [9.17, 15) is 4.79 Å². The lowest BCUT2D eigenvalue weighted by Gasteiger charge is -2.27. The fraction of sp³-hybridized carbons (Fsp3) is 0.222. The molecule has 0 fully saturated rings. The molecule has 0 aromatic heterocycles. The molecule has 124 valence electrons. The van der Waals surface area contributed by atoms with Crippen LogP contribution in [0.15, 0.2) is 52.0 Å². The monoisotopic (exact) mass is 424 g/mol. The molecular formula is C18H15BrCl2N2O. The van der Waals surface area contributed by atoms with Crippen molar-refractivity contribution in [2.75, 3.05) is 5.01 Å². The molecule has 2 aromatic carbocycles. The highest BCUT2D eigenvalue weighted by Gasteiger charge is 2.38.